The number of hydrogen-bond donors (Lipinski definition) is 0. The topological polar surface area (TPSA) is 56.7 Å². The maximum atomic E-state index is 6.29. The van der Waals surface area contributed by atoms with E-state index >= 15 is 0 Å². The van der Waals surface area contributed by atoms with Gasteiger partial charge in [0.25, 0.3) is 0 Å². The highest BCUT2D eigenvalue weighted by Crippen LogP contribution is 2.44. The zero-order valence-corrected chi connectivity index (χ0v) is 34.5. The summed E-state index contributed by atoms with van der Waals surface area (Å²) < 4.78 is 8.71. The first kappa shape index (κ1) is 36.0. The predicted octanol–water partition coefficient (Wildman–Crippen LogP) is 15.5. The molecule has 0 spiro atoms. The third-order valence-electron chi connectivity index (χ3n) is 12.6. The fourth-order valence-corrected chi connectivity index (χ4v) is 9.63. The number of pyridine rings is 1. The van der Waals surface area contributed by atoms with Gasteiger partial charge in [-0.15, -0.1) is 0 Å². The Bertz CT molecular complexity index is 3930. The van der Waals surface area contributed by atoms with Gasteiger partial charge in [0.1, 0.15) is 11.2 Å². The van der Waals surface area contributed by atoms with Gasteiger partial charge in [-0.05, 0) is 48.0 Å². The summed E-state index contributed by atoms with van der Waals surface area (Å²) in [5.74, 6) is 0.639. The Labute approximate surface area is 368 Å². The third-order valence-corrected chi connectivity index (χ3v) is 12.6. The molecule has 13 rings (SSSR count). The van der Waals surface area contributed by atoms with Gasteiger partial charge >= 0.3 is 0 Å². The first-order valence-corrected chi connectivity index (χ1v) is 21.6. The Hall–Kier alpha value is -8.67. The predicted molar refractivity (Wildman–Crippen MR) is 264 cm³/mol. The molecule has 9 aromatic carbocycles. The van der Waals surface area contributed by atoms with Crippen molar-refractivity contribution >= 4 is 65.4 Å². The Morgan fingerprint density at radius 3 is 1.72 bits per heavy atom. The summed E-state index contributed by atoms with van der Waals surface area (Å²) in [6.07, 6.45) is 0. The van der Waals surface area contributed by atoms with Gasteiger partial charge in [0.2, 0.25) is 0 Å². The van der Waals surface area contributed by atoms with Crippen molar-refractivity contribution in [3.63, 3.8) is 0 Å². The molecule has 0 N–H and O–H groups in total. The number of fused-ring (bicyclic) bond motifs is 10. The lowest BCUT2D eigenvalue weighted by Crippen LogP contribution is -1.97. The lowest BCUT2D eigenvalue weighted by atomic mass is 9.94. The molecule has 5 heteroatoms. The average molecular weight is 817 g/mol. The van der Waals surface area contributed by atoms with Gasteiger partial charge in [-0.1, -0.05) is 176 Å². The van der Waals surface area contributed by atoms with Crippen LogP contribution in [0, 0.1) is 0 Å². The summed E-state index contributed by atoms with van der Waals surface area (Å²) in [7, 11) is 0. The van der Waals surface area contributed by atoms with Gasteiger partial charge in [0.05, 0.1) is 33.6 Å². The van der Waals surface area contributed by atoms with E-state index in [-0.39, 0.29) is 0 Å². The smallest absolute Gasteiger partial charge is 0.160 e. The minimum absolute atomic E-state index is 0.639. The van der Waals surface area contributed by atoms with Crippen LogP contribution in [-0.4, -0.2) is 19.5 Å². The standard InChI is InChI=1S/C59H36N4O/c1-4-15-38(16-5-1)50-36-51(61-59(60-50)41-31-32-46-45-22-11-13-26-53(45)64-54(46)35-41)39-29-27-37(28-30-39)43-23-14-24-48-55-49(56(62-57(43)48)40-17-6-2-7-18-40)34-33-47-44-21-10-12-25-52(44)63(58(47)55)42-19-8-3-9-20-42/h1-36H. The van der Waals surface area contributed by atoms with Crippen LogP contribution in [0.2, 0.25) is 0 Å². The van der Waals surface area contributed by atoms with Crippen LogP contribution in [0.4, 0.5) is 0 Å². The molecule has 13 aromatic rings. The zero-order chi connectivity index (χ0) is 42.1. The molecule has 4 heterocycles. The molecule has 298 valence electrons. The maximum Gasteiger partial charge on any atom is 0.160 e. The zero-order valence-electron chi connectivity index (χ0n) is 34.5. The highest BCUT2D eigenvalue weighted by molar-refractivity contribution is 6.28. The van der Waals surface area contributed by atoms with Gasteiger partial charge in [0.15, 0.2) is 5.82 Å². The van der Waals surface area contributed by atoms with Crippen molar-refractivity contribution < 1.29 is 4.42 Å². The van der Waals surface area contributed by atoms with E-state index < -0.39 is 0 Å². The van der Waals surface area contributed by atoms with Gasteiger partial charge in [-0.25, -0.2) is 15.0 Å². The molecule has 0 radical (unpaired) electrons. The van der Waals surface area contributed by atoms with Crippen molar-refractivity contribution in [3.8, 4) is 62.0 Å². The van der Waals surface area contributed by atoms with Crippen LogP contribution in [-0.2, 0) is 0 Å². The summed E-state index contributed by atoms with van der Waals surface area (Å²) >= 11 is 0. The molecule has 0 atom stereocenters. The van der Waals surface area contributed by atoms with Crippen molar-refractivity contribution in [2.75, 3.05) is 0 Å². The second kappa shape index (κ2) is 14.5. The van der Waals surface area contributed by atoms with Crippen LogP contribution in [0.1, 0.15) is 0 Å². The molecule has 0 amide bonds. The van der Waals surface area contributed by atoms with Crippen LogP contribution < -0.4 is 0 Å². The summed E-state index contributed by atoms with van der Waals surface area (Å²) in [5.41, 5.74) is 14.9. The molecule has 0 bridgehead atoms. The van der Waals surface area contributed by atoms with Gasteiger partial charge in [-0.3, -0.25) is 0 Å². The number of para-hydroxylation sites is 4. The lowest BCUT2D eigenvalue weighted by Gasteiger charge is -2.16. The van der Waals surface area contributed by atoms with Gasteiger partial charge < -0.3 is 8.98 Å². The maximum absolute atomic E-state index is 6.29. The van der Waals surface area contributed by atoms with Crippen molar-refractivity contribution in [1.82, 2.24) is 19.5 Å². The molecule has 0 saturated heterocycles. The molecule has 0 aliphatic heterocycles. The first-order chi connectivity index (χ1) is 31.7. The number of furan rings is 1. The molecule has 64 heavy (non-hydrogen) atoms. The molecule has 0 saturated carbocycles. The van der Waals surface area contributed by atoms with Crippen molar-refractivity contribution in [3.05, 3.63) is 218 Å². The van der Waals surface area contributed by atoms with E-state index in [1.807, 2.05) is 36.4 Å². The van der Waals surface area contributed by atoms with E-state index in [2.05, 4.69) is 187 Å². The molecule has 4 aromatic heterocycles. The monoisotopic (exact) mass is 816 g/mol. The lowest BCUT2D eigenvalue weighted by molar-refractivity contribution is 0.669. The van der Waals surface area contributed by atoms with Crippen molar-refractivity contribution in [1.29, 1.82) is 0 Å². The van der Waals surface area contributed by atoms with E-state index in [0.717, 1.165) is 94.4 Å². The Morgan fingerprint density at radius 1 is 0.359 bits per heavy atom. The normalized spacial score (nSPS) is 11.8. The summed E-state index contributed by atoms with van der Waals surface area (Å²) in [5, 5.41) is 8.01. The second-order valence-electron chi connectivity index (χ2n) is 16.3. The summed E-state index contributed by atoms with van der Waals surface area (Å²) in [4.78, 5) is 15.9. The molecule has 0 fully saturated rings. The number of benzene rings is 9. The SMILES string of the molecule is c1ccc(-c2cc(-c3ccc(-c4cccc5c4nc(-c4ccccc4)c4ccc6c7ccccc7n(-c7ccccc7)c6c45)cc3)nc(-c3ccc4c(c3)oc3ccccc34)n2)cc1. The highest BCUT2D eigenvalue weighted by Gasteiger charge is 2.21. The Kier molecular flexibility index (Phi) is 8.15. The number of aromatic nitrogens is 4. The Balaban J connectivity index is 1.000. The van der Waals surface area contributed by atoms with Crippen molar-refractivity contribution in [2.45, 2.75) is 0 Å². The van der Waals surface area contributed by atoms with Crippen LogP contribution in [0.3, 0.4) is 0 Å². The quantitative estimate of drug-likeness (QED) is 0.157. The fourth-order valence-electron chi connectivity index (χ4n) is 9.63. The third kappa shape index (κ3) is 5.75. The van der Waals surface area contributed by atoms with Crippen LogP contribution in [0.5, 0.6) is 0 Å². The minimum Gasteiger partial charge on any atom is -0.456 e. The molecule has 0 aliphatic rings. The van der Waals surface area contributed by atoms with E-state index in [1.165, 1.54) is 27.2 Å². The van der Waals surface area contributed by atoms with Crippen molar-refractivity contribution in [2.24, 2.45) is 0 Å². The van der Waals surface area contributed by atoms with Gasteiger partial charge in [0, 0.05) is 71.2 Å². The van der Waals surface area contributed by atoms with E-state index in [0.29, 0.717) is 5.82 Å². The minimum atomic E-state index is 0.639. The van der Waals surface area contributed by atoms with E-state index in [1.54, 1.807) is 0 Å². The van der Waals surface area contributed by atoms with Crippen LogP contribution in [0.15, 0.2) is 223 Å². The fraction of sp³-hybridized carbons (Fsp3) is 0. The van der Waals surface area contributed by atoms with Gasteiger partial charge in [-0.2, -0.15) is 0 Å². The molecular formula is C59H36N4O. The molecule has 5 nitrogen and oxygen atoms in total. The number of nitrogens with zero attached hydrogens (tertiary/aromatic N) is 4. The molecule has 0 aliphatic carbocycles. The van der Waals surface area contributed by atoms with Crippen LogP contribution in [0.25, 0.3) is 127 Å². The largest absolute Gasteiger partial charge is 0.456 e. The summed E-state index contributed by atoms with van der Waals surface area (Å²) in [6, 6.07) is 76.7. The number of rotatable bonds is 6. The first-order valence-electron chi connectivity index (χ1n) is 21.6. The van der Waals surface area contributed by atoms with E-state index in [9.17, 15) is 0 Å². The average Bonchev–Trinajstić information content (AvgIpc) is 3.92. The number of hydrogen-bond acceptors (Lipinski definition) is 4. The molecular weight excluding hydrogens is 781 g/mol. The molecule has 0 unspecified atom stereocenters. The summed E-state index contributed by atoms with van der Waals surface area (Å²) in [6.45, 7) is 0. The highest BCUT2D eigenvalue weighted by atomic mass is 16.3. The van der Waals surface area contributed by atoms with E-state index in [4.69, 9.17) is 19.4 Å². The second-order valence-corrected chi connectivity index (χ2v) is 16.3. The Morgan fingerprint density at radius 2 is 0.938 bits per heavy atom. The van der Waals surface area contributed by atoms with Crippen LogP contribution >= 0.6 is 0 Å².